The first kappa shape index (κ1) is 32.5. The average Bonchev–Trinajstić information content (AvgIpc) is 3.45. The van der Waals surface area contributed by atoms with Gasteiger partial charge in [0.1, 0.15) is 16.4 Å². The number of carbonyl (C=O) groups is 4. The van der Waals surface area contributed by atoms with Gasteiger partial charge < -0.3 is 25.4 Å². The van der Waals surface area contributed by atoms with Gasteiger partial charge in [-0.2, -0.15) is 0 Å². The Morgan fingerprint density at radius 2 is 1.65 bits per heavy atom. The number of thioether (sulfide) groups is 1. The molecule has 0 atom stereocenters. The molecule has 5 rings (SSSR count). The minimum Gasteiger partial charge on any atom is -0.496 e. The number of amides is 3. The summed E-state index contributed by atoms with van der Waals surface area (Å²) in [5.41, 5.74) is 2.96. The van der Waals surface area contributed by atoms with Gasteiger partial charge in [0.15, 0.2) is 0 Å². The molecule has 1 aliphatic rings. The van der Waals surface area contributed by atoms with E-state index in [1.807, 2.05) is 18.2 Å². The highest BCUT2D eigenvalue weighted by molar-refractivity contribution is 8.00. The van der Waals surface area contributed by atoms with Crippen molar-refractivity contribution in [3.63, 3.8) is 0 Å². The normalized spacial score (nSPS) is 12.4. The van der Waals surface area contributed by atoms with E-state index in [2.05, 4.69) is 16.0 Å². The highest BCUT2D eigenvalue weighted by Gasteiger charge is 2.27. The molecule has 1 aromatic heterocycles. The molecule has 0 saturated heterocycles. The molecule has 9 nitrogen and oxygen atoms in total. The van der Waals surface area contributed by atoms with E-state index in [1.165, 1.54) is 37.3 Å². The largest absolute Gasteiger partial charge is 0.496 e. The van der Waals surface area contributed by atoms with Crippen LogP contribution in [0.1, 0.15) is 49.6 Å². The number of esters is 1. The summed E-state index contributed by atoms with van der Waals surface area (Å²) in [4.78, 5) is 53.9. The summed E-state index contributed by atoms with van der Waals surface area (Å²) in [6.07, 6.45) is 5.30. The smallest absolute Gasteiger partial charge is 0.341 e. The molecular weight excluding hydrogens is 623 g/mol. The summed E-state index contributed by atoms with van der Waals surface area (Å²) >= 11 is 2.73. The Labute approximate surface area is 275 Å². The quantitative estimate of drug-likeness (QED) is 0.0950. The van der Waals surface area contributed by atoms with Gasteiger partial charge in [-0.1, -0.05) is 42.5 Å². The number of methoxy groups -OCH3 is 2. The van der Waals surface area contributed by atoms with Crippen LogP contribution in [-0.4, -0.2) is 43.7 Å². The van der Waals surface area contributed by atoms with Gasteiger partial charge in [0.2, 0.25) is 5.91 Å². The first-order valence-corrected chi connectivity index (χ1v) is 16.4. The zero-order chi connectivity index (χ0) is 32.5. The summed E-state index contributed by atoms with van der Waals surface area (Å²) in [5, 5.41) is 9.02. The molecule has 0 bridgehead atoms. The highest BCUT2D eigenvalue weighted by Crippen LogP contribution is 2.38. The molecule has 1 heterocycles. The Morgan fingerprint density at radius 1 is 0.891 bits per heavy atom. The van der Waals surface area contributed by atoms with E-state index in [4.69, 9.17) is 9.47 Å². The predicted molar refractivity (Wildman–Crippen MR) is 182 cm³/mol. The Morgan fingerprint density at radius 3 is 2.43 bits per heavy atom. The molecule has 4 aromatic rings. The van der Waals surface area contributed by atoms with E-state index < -0.39 is 17.8 Å². The SMILES string of the molecule is COC(=O)c1c(NC(=O)CSc2cccc(NC(=O)/C(=C\c3ccccc3OC)NC(=O)c3ccccc3)c2)sc2c1CCCC2. The summed E-state index contributed by atoms with van der Waals surface area (Å²) in [6, 6.07) is 22.9. The number of thiophene rings is 1. The number of anilines is 2. The lowest BCUT2D eigenvalue weighted by Crippen LogP contribution is -2.30. The number of para-hydroxylation sites is 1. The van der Waals surface area contributed by atoms with Crippen LogP contribution >= 0.6 is 23.1 Å². The number of carbonyl (C=O) groups excluding carboxylic acids is 4. The van der Waals surface area contributed by atoms with Gasteiger partial charge in [-0.25, -0.2) is 4.79 Å². The molecule has 1 aliphatic carbocycles. The summed E-state index contributed by atoms with van der Waals surface area (Å²) in [7, 11) is 2.88. The fourth-order valence-corrected chi connectivity index (χ4v) is 7.08. The van der Waals surface area contributed by atoms with Crippen molar-refractivity contribution in [2.45, 2.75) is 30.6 Å². The second kappa shape index (κ2) is 15.4. The van der Waals surface area contributed by atoms with Crippen molar-refractivity contribution in [2.24, 2.45) is 0 Å². The fourth-order valence-electron chi connectivity index (χ4n) is 5.03. The van der Waals surface area contributed by atoms with Crippen LogP contribution in [0.2, 0.25) is 0 Å². The van der Waals surface area contributed by atoms with Crippen molar-refractivity contribution in [3.05, 3.63) is 112 Å². The number of rotatable bonds is 11. The molecule has 0 radical (unpaired) electrons. The topological polar surface area (TPSA) is 123 Å². The Bertz CT molecular complexity index is 1780. The number of nitrogens with one attached hydrogen (secondary N) is 3. The monoisotopic (exact) mass is 655 g/mol. The third kappa shape index (κ3) is 8.04. The lowest BCUT2D eigenvalue weighted by atomic mass is 9.95. The van der Waals surface area contributed by atoms with Crippen LogP contribution < -0.4 is 20.7 Å². The predicted octanol–water partition coefficient (Wildman–Crippen LogP) is 6.56. The van der Waals surface area contributed by atoms with Crippen molar-refractivity contribution < 1.29 is 28.7 Å². The summed E-state index contributed by atoms with van der Waals surface area (Å²) in [5.74, 6) is -1.04. The molecule has 46 heavy (non-hydrogen) atoms. The minimum absolute atomic E-state index is 0.0239. The van der Waals surface area contributed by atoms with E-state index >= 15 is 0 Å². The highest BCUT2D eigenvalue weighted by atomic mass is 32.2. The summed E-state index contributed by atoms with van der Waals surface area (Å²) in [6.45, 7) is 0. The average molecular weight is 656 g/mol. The molecule has 236 valence electrons. The molecule has 11 heteroatoms. The van der Waals surface area contributed by atoms with Gasteiger partial charge in [-0.3, -0.25) is 14.4 Å². The van der Waals surface area contributed by atoms with E-state index in [0.717, 1.165) is 41.0 Å². The lowest BCUT2D eigenvalue weighted by Gasteiger charge is -2.13. The molecule has 3 amide bonds. The number of hydrogen-bond donors (Lipinski definition) is 3. The molecule has 0 aliphatic heterocycles. The summed E-state index contributed by atoms with van der Waals surface area (Å²) < 4.78 is 10.4. The first-order valence-electron chi connectivity index (χ1n) is 14.6. The maximum absolute atomic E-state index is 13.5. The number of hydrogen-bond acceptors (Lipinski definition) is 8. The molecule has 3 aromatic carbocycles. The number of ether oxygens (including phenoxy) is 2. The Hall–Kier alpha value is -4.87. The van der Waals surface area contributed by atoms with E-state index in [9.17, 15) is 19.2 Å². The van der Waals surface area contributed by atoms with Crippen LogP contribution in [0.25, 0.3) is 6.08 Å². The van der Waals surface area contributed by atoms with E-state index in [-0.39, 0.29) is 17.4 Å². The van der Waals surface area contributed by atoms with Crippen molar-refractivity contribution in [1.29, 1.82) is 0 Å². The van der Waals surface area contributed by atoms with Crippen molar-refractivity contribution in [2.75, 3.05) is 30.6 Å². The van der Waals surface area contributed by atoms with Gasteiger partial charge in [0, 0.05) is 26.6 Å². The van der Waals surface area contributed by atoms with Gasteiger partial charge in [0.05, 0.1) is 25.5 Å². The van der Waals surface area contributed by atoms with Gasteiger partial charge in [-0.05, 0) is 73.7 Å². The Kier molecular flexibility index (Phi) is 10.9. The lowest BCUT2D eigenvalue weighted by molar-refractivity contribution is -0.114. The number of fused-ring (bicyclic) bond motifs is 1. The molecule has 0 saturated carbocycles. The standard InChI is InChI=1S/C35H33N3O6S2/c1-43-28-17-8-6-13-23(28)19-27(37-32(40)22-11-4-3-5-12-22)33(41)36-24-14-10-15-25(20-24)45-21-30(39)38-34-31(35(42)44-2)26-16-7-9-18-29(26)46-34/h3-6,8,10-15,17,19-20H,7,9,16,18,21H2,1-2H3,(H,36,41)(H,37,40)(H,38,39)/b27-19+. The maximum atomic E-state index is 13.5. The molecule has 0 fully saturated rings. The molecule has 3 N–H and O–H groups in total. The van der Waals surface area contributed by atoms with Crippen molar-refractivity contribution in [1.82, 2.24) is 5.32 Å². The van der Waals surface area contributed by atoms with Crippen molar-refractivity contribution >= 4 is 63.6 Å². The maximum Gasteiger partial charge on any atom is 0.341 e. The second-order valence-electron chi connectivity index (χ2n) is 10.3. The van der Waals surface area contributed by atoms with Crippen LogP contribution in [0, 0.1) is 0 Å². The zero-order valence-electron chi connectivity index (χ0n) is 25.4. The van der Waals surface area contributed by atoms with Crippen LogP contribution in [0.15, 0.2) is 89.5 Å². The number of benzene rings is 3. The van der Waals surface area contributed by atoms with Crippen LogP contribution in [0.3, 0.4) is 0 Å². The van der Waals surface area contributed by atoms with Gasteiger partial charge >= 0.3 is 5.97 Å². The fraction of sp³-hybridized carbons (Fsp3) is 0.200. The van der Waals surface area contributed by atoms with Crippen LogP contribution in [0.4, 0.5) is 10.7 Å². The third-order valence-corrected chi connectivity index (χ3v) is 9.44. The minimum atomic E-state index is -0.535. The number of aryl methyl sites for hydroxylation is 1. The molecular formula is C35H33N3O6S2. The third-order valence-electron chi connectivity index (χ3n) is 7.24. The van der Waals surface area contributed by atoms with Crippen LogP contribution in [0.5, 0.6) is 5.75 Å². The van der Waals surface area contributed by atoms with Gasteiger partial charge in [-0.15, -0.1) is 23.1 Å². The zero-order valence-corrected chi connectivity index (χ0v) is 27.0. The van der Waals surface area contributed by atoms with Crippen molar-refractivity contribution in [3.8, 4) is 5.75 Å². The first-order chi connectivity index (χ1) is 22.4. The second-order valence-corrected chi connectivity index (χ2v) is 12.5. The van der Waals surface area contributed by atoms with E-state index in [1.54, 1.807) is 66.7 Å². The van der Waals surface area contributed by atoms with E-state index in [0.29, 0.717) is 33.1 Å². The molecule has 0 spiro atoms. The molecule has 0 unspecified atom stereocenters. The Balaban J connectivity index is 1.28. The van der Waals surface area contributed by atoms with Crippen LogP contribution in [-0.2, 0) is 27.2 Å². The van der Waals surface area contributed by atoms with Gasteiger partial charge in [0.25, 0.3) is 11.8 Å².